The van der Waals surface area contributed by atoms with E-state index in [4.69, 9.17) is 28.8 Å². The molecule has 0 saturated carbocycles. The third-order valence-corrected chi connectivity index (χ3v) is 4.54. The largest absolute Gasteiger partial charge is 1.00 e. The van der Waals surface area contributed by atoms with Crippen LogP contribution in [0.1, 0.15) is 33.8 Å². The number of nitrogens with zero attached hydrogens (tertiary/aromatic N) is 2. The molecule has 0 radical (unpaired) electrons. The van der Waals surface area contributed by atoms with Crippen LogP contribution in [0.4, 0.5) is 0 Å². The monoisotopic (exact) mass is 604 g/mol. The molecule has 0 aliphatic rings. The molecule has 14 heteroatoms. The second-order valence-electron chi connectivity index (χ2n) is 6.85. The quantitative estimate of drug-likeness (QED) is 0.142. The van der Waals surface area contributed by atoms with E-state index < -0.39 is 22.7 Å². The third-order valence-electron chi connectivity index (χ3n) is 4.33. The van der Waals surface area contributed by atoms with Crippen molar-refractivity contribution in [2.75, 3.05) is 20.5 Å². The Kier molecular flexibility index (Phi) is 20.1. The number of fused-ring (bicyclic) bond motifs is 2. The number of pyridine rings is 2. The molecular formula is C25H26ClN2NaO8S2. The molecule has 0 fully saturated rings. The summed E-state index contributed by atoms with van der Waals surface area (Å²) in [5.74, 6) is -0.677. The number of halogens is 1. The van der Waals surface area contributed by atoms with Gasteiger partial charge >= 0.3 is 53.1 Å². The molecule has 10 nitrogen and oxygen atoms in total. The molecule has 0 N–H and O–H groups in total. The van der Waals surface area contributed by atoms with Gasteiger partial charge in [-0.05, 0) is 67.8 Å². The summed E-state index contributed by atoms with van der Waals surface area (Å²) in [6.45, 7) is 1.94. The Labute approximate surface area is 259 Å². The average molecular weight is 605 g/mol. The minimum absolute atomic E-state index is 0. The zero-order valence-electron chi connectivity index (χ0n) is 21.1. The Bertz CT molecular complexity index is 1350. The summed E-state index contributed by atoms with van der Waals surface area (Å²) >= 11 is 3.13. The second-order valence-corrected chi connectivity index (χ2v) is 8.18. The summed E-state index contributed by atoms with van der Waals surface area (Å²) in [6, 6.07) is 17.8. The first-order valence-electron chi connectivity index (χ1n) is 10.1. The molecule has 1 atom stereocenters. The molecule has 0 aliphatic carbocycles. The van der Waals surface area contributed by atoms with Gasteiger partial charge in [-0.3, -0.25) is 9.19 Å². The Morgan fingerprint density at radius 1 is 0.846 bits per heavy atom. The van der Waals surface area contributed by atoms with Crippen molar-refractivity contribution in [3.63, 3.8) is 0 Å². The molecule has 0 saturated heterocycles. The van der Waals surface area contributed by atoms with Gasteiger partial charge in [0.15, 0.2) is 0 Å². The van der Waals surface area contributed by atoms with Crippen LogP contribution in [0.15, 0.2) is 60.7 Å². The van der Waals surface area contributed by atoms with E-state index in [1.54, 1.807) is 36.4 Å². The molecular weight excluding hydrogens is 579 g/mol. The number of carbonyl (C=O) groups is 2. The van der Waals surface area contributed by atoms with E-state index in [-0.39, 0.29) is 48.9 Å². The van der Waals surface area contributed by atoms with Crippen molar-refractivity contribution in [1.82, 2.24) is 9.97 Å². The Hall–Kier alpha value is -2.58. The maximum absolute atomic E-state index is 11.3. The topological polar surface area (TPSA) is 153 Å². The Morgan fingerprint density at radius 2 is 1.23 bits per heavy atom. The van der Waals surface area contributed by atoms with Gasteiger partial charge in [0.25, 0.3) is 0 Å². The van der Waals surface area contributed by atoms with Crippen LogP contribution in [0, 0.1) is 6.92 Å². The van der Waals surface area contributed by atoms with Gasteiger partial charge in [-0.15, -0.1) is 0 Å². The molecule has 2 aromatic carbocycles. The normalized spacial score (nSPS) is 9.79. The van der Waals surface area contributed by atoms with Crippen molar-refractivity contribution in [2.45, 2.75) is 14.4 Å². The van der Waals surface area contributed by atoms with Gasteiger partial charge in [-0.25, -0.2) is 14.6 Å². The fourth-order valence-corrected chi connectivity index (χ4v) is 2.97. The summed E-state index contributed by atoms with van der Waals surface area (Å²) in [6.07, 6.45) is 1.08. The summed E-state index contributed by atoms with van der Waals surface area (Å²) in [7, 11) is 2.73. The summed E-state index contributed by atoms with van der Waals surface area (Å²) in [5.41, 5.74) is 3.68. The van der Waals surface area contributed by atoms with Crippen LogP contribution >= 0.6 is 11.6 Å². The standard InChI is InChI=1S/C12H11NO2.C11H8ClNO2.CH4O2S.CH4.Na.O2S/c1-8-3-4-9-7-10(12(14)15-2)5-6-11(9)13-8;1-15-11(14)8-2-4-9-7(6-8)3-5-10(12)13-9;1-4(2)3;;;1-3-2/h3-7H,1-2H3;2-6H,1H3;1H3,(H,2,3);1H4;;/q;;;;+1;/p-1. The van der Waals surface area contributed by atoms with Crippen LogP contribution < -0.4 is 29.6 Å². The summed E-state index contributed by atoms with van der Waals surface area (Å²) < 4.78 is 43.9. The van der Waals surface area contributed by atoms with Crippen molar-refractivity contribution in [3.8, 4) is 0 Å². The molecule has 0 bridgehead atoms. The van der Waals surface area contributed by atoms with Gasteiger partial charge in [0.2, 0.25) is 0 Å². The molecule has 0 amide bonds. The predicted molar refractivity (Wildman–Crippen MR) is 146 cm³/mol. The molecule has 0 spiro atoms. The molecule has 1 unspecified atom stereocenters. The first-order valence-corrected chi connectivity index (χ1v) is 12.6. The van der Waals surface area contributed by atoms with E-state index in [1.807, 2.05) is 31.2 Å². The first kappa shape index (κ1) is 38.6. The number of hydrogen-bond acceptors (Lipinski definition) is 10. The van der Waals surface area contributed by atoms with E-state index in [2.05, 4.69) is 19.4 Å². The number of aryl methyl sites for hydroxylation is 1. The maximum atomic E-state index is 11.3. The molecule has 39 heavy (non-hydrogen) atoms. The van der Waals surface area contributed by atoms with Gasteiger partial charge in [-0.2, -0.15) is 8.42 Å². The van der Waals surface area contributed by atoms with Gasteiger partial charge in [0.1, 0.15) is 5.15 Å². The van der Waals surface area contributed by atoms with Crippen molar-refractivity contribution < 1.29 is 65.8 Å². The van der Waals surface area contributed by atoms with Crippen molar-refractivity contribution in [1.29, 1.82) is 0 Å². The van der Waals surface area contributed by atoms with Crippen LogP contribution in [0.25, 0.3) is 21.8 Å². The fourth-order valence-electron chi connectivity index (χ4n) is 2.82. The van der Waals surface area contributed by atoms with E-state index >= 15 is 0 Å². The van der Waals surface area contributed by atoms with Crippen LogP contribution in [-0.2, 0) is 32.1 Å². The molecule has 0 aliphatic heterocycles. The molecule has 2 aromatic heterocycles. The zero-order chi connectivity index (χ0) is 28.0. The number of benzene rings is 2. The number of hydrogen-bond donors (Lipinski definition) is 0. The molecule has 4 aromatic rings. The van der Waals surface area contributed by atoms with Crippen LogP contribution in [0.2, 0.25) is 5.15 Å². The van der Waals surface area contributed by atoms with E-state index in [0.29, 0.717) is 16.3 Å². The summed E-state index contributed by atoms with van der Waals surface area (Å²) in [5, 5.41) is 2.25. The third kappa shape index (κ3) is 13.9. The SMILES string of the molecule is C.COC(=O)c1ccc2nc(C)ccc2c1.COC(=O)c1ccc2nc(Cl)ccc2c1.CS(=O)[O-].O=S=O.[Na+]. The van der Waals surface area contributed by atoms with Crippen molar-refractivity contribution in [2.24, 2.45) is 0 Å². The van der Waals surface area contributed by atoms with Gasteiger partial charge < -0.3 is 14.0 Å². The van der Waals surface area contributed by atoms with E-state index in [9.17, 15) is 9.59 Å². The second kappa shape index (κ2) is 20.3. The van der Waals surface area contributed by atoms with Crippen LogP contribution in [0.5, 0.6) is 0 Å². The first-order chi connectivity index (χ1) is 17.6. The van der Waals surface area contributed by atoms with E-state index in [0.717, 1.165) is 33.8 Å². The van der Waals surface area contributed by atoms with Crippen molar-refractivity contribution in [3.05, 3.63) is 82.6 Å². The number of rotatable bonds is 2. The number of esters is 2. The molecule has 2 heterocycles. The van der Waals surface area contributed by atoms with Crippen LogP contribution in [-0.4, -0.2) is 59.6 Å². The van der Waals surface area contributed by atoms with Gasteiger partial charge in [0.05, 0.1) is 36.4 Å². The average Bonchev–Trinajstić information content (AvgIpc) is 2.87. The smallest absolute Gasteiger partial charge is 0.773 e. The Morgan fingerprint density at radius 3 is 1.64 bits per heavy atom. The predicted octanol–water partition coefficient (Wildman–Crippen LogP) is 1.47. The fraction of sp³-hybridized carbons (Fsp3) is 0.200. The molecule has 204 valence electrons. The van der Waals surface area contributed by atoms with E-state index in [1.165, 1.54) is 14.2 Å². The zero-order valence-corrected chi connectivity index (χ0v) is 25.5. The Balaban J connectivity index is 0. The number of carbonyl (C=O) groups excluding carboxylic acids is 2. The maximum Gasteiger partial charge on any atom is 1.00 e. The van der Waals surface area contributed by atoms with Gasteiger partial charge in [-0.1, -0.05) is 36.2 Å². The molecule has 4 rings (SSSR count). The van der Waals surface area contributed by atoms with Gasteiger partial charge in [0, 0.05) is 16.5 Å². The minimum atomic E-state index is -1.86. The van der Waals surface area contributed by atoms with Crippen LogP contribution in [0.3, 0.4) is 0 Å². The summed E-state index contributed by atoms with van der Waals surface area (Å²) in [4.78, 5) is 31.0. The number of ether oxygens (including phenoxy) is 2. The van der Waals surface area contributed by atoms with Crippen molar-refractivity contribution >= 4 is 68.0 Å². The number of aromatic nitrogens is 2. The number of methoxy groups -OCH3 is 2. The minimum Gasteiger partial charge on any atom is -0.773 e.